The third kappa shape index (κ3) is 5.97. The van der Waals surface area contributed by atoms with E-state index in [1.165, 1.54) is 19.4 Å². The molecule has 0 aliphatic heterocycles. The minimum atomic E-state index is 0.385. The normalized spacial score (nSPS) is 11.0. The first-order valence-electron chi connectivity index (χ1n) is 4.83. The molecule has 0 fully saturated rings. The van der Waals surface area contributed by atoms with Crippen LogP contribution in [0.25, 0.3) is 0 Å². The summed E-state index contributed by atoms with van der Waals surface area (Å²) in [6.07, 6.45) is 2.48. The van der Waals surface area contributed by atoms with Gasteiger partial charge in [0, 0.05) is 5.54 Å². The summed E-state index contributed by atoms with van der Waals surface area (Å²) >= 11 is 0. The van der Waals surface area contributed by atoms with Gasteiger partial charge >= 0.3 is 0 Å². The zero-order valence-electron chi connectivity index (χ0n) is 9.65. The van der Waals surface area contributed by atoms with Gasteiger partial charge in [-0.2, -0.15) is 0 Å². The predicted octanol–water partition coefficient (Wildman–Crippen LogP) is 3.01. The summed E-state index contributed by atoms with van der Waals surface area (Å²) in [7, 11) is 4.62. The highest BCUT2D eigenvalue weighted by molar-refractivity contribution is 7.15. The zero-order valence-corrected chi connectivity index (χ0v) is 10.8. The van der Waals surface area contributed by atoms with E-state index in [2.05, 4.69) is 48.9 Å². The standard InChI is InChI=1S/C9H21N.CH5P/c1-6-8-10(5)9(3,4)7-2;1-2/h6-8H2,1-5H3;2H2,1H3. The summed E-state index contributed by atoms with van der Waals surface area (Å²) in [5, 5.41) is 0. The summed E-state index contributed by atoms with van der Waals surface area (Å²) in [6.45, 7) is 12.2. The van der Waals surface area contributed by atoms with Crippen molar-refractivity contribution in [3.05, 3.63) is 0 Å². The van der Waals surface area contributed by atoms with Gasteiger partial charge in [0.1, 0.15) is 0 Å². The molecule has 2 heteroatoms. The number of nitrogens with zero attached hydrogens (tertiary/aromatic N) is 1. The summed E-state index contributed by atoms with van der Waals surface area (Å²) in [5.74, 6) is 0. The molecule has 0 saturated carbocycles. The van der Waals surface area contributed by atoms with E-state index >= 15 is 0 Å². The first-order valence-corrected chi connectivity index (χ1v) is 5.99. The van der Waals surface area contributed by atoms with Gasteiger partial charge in [-0.15, -0.1) is 9.24 Å². The molecule has 0 aliphatic rings. The fourth-order valence-electron chi connectivity index (χ4n) is 0.908. The second kappa shape index (κ2) is 8.01. The van der Waals surface area contributed by atoms with Gasteiger partial charge in [0.25, 0.3) is 0 Å². The van der Waals surface area contributed by atoms with Crippen molar-refractivity contribution in [2.45, 2.75) is 46.1 Å². The lowest BCUT2D eigenvalue weighted by Crippen LogP contribution is -2.40. The summed E-state index contributed by atoms with van der Waals surface area (Å²) < 4.78 is 0. The maximum Gasteiger partial charge on any atom is 0.0147 e. The Morgan fingerprint density at radius 3 is 1.83 bits per heavy atom. The molecule has 76 valence electrons. The average Bonchev–Trinajstić information content (AvgIpc) is 2.08. The van der Waals surface area contributed by atoms with Gasteiger partial charge in [-0.3, -0.25) is 0 Å². The summed E-state index contributed by atoms with van der Waals surface area (Å²) in [6, 6.07) is 0. The molecule has 0 aromatic carbocycles. The summed E-state index contributed by atoms with van der Waals surface area (Å²) in [5.41, 5.74) is 0.385. The fourth-order valence-corrected chi connectivity index (χ4v) is 0.908. The van der Waals surface area contributed by atoms with E-state index in [4.69, 9.17) is 0 Å². The van der Waals surface area contributed by atoms with E-state index in [0.717, 1.165) is 0 Å². The largest absolute Gasteiger partial charge is 0.301 e. The maximum absolute atomic E-state index is 2.42. The molecule has 0 rings (SSSR count). The quantitative estimate of drug-likeness (QED) is 0.617. The second-order valence-corrected chi connectivity index (χ2v) is 3.59. The van der Waals surface area contributed by atoms with Gasteiger partial charge in [-0.1, -0.05) is 20.5 Å². The first-order chi connectivity index (χ1) is 5.54. The Kier molecular flexibility index (Phi) is 9.94. The Morgan fingerprint density at radius 1 is 1.17 bits per heavy atom. The SMILES string of the molecule is CCCN(C)C(C)(C)CC.CP. The molecule has 0 spiro atoms. The Balaban J connectivity index is 0. The van der Waals surface area contributed by atoms with Crippen molar-refractivity contribution in [1.29, 1.82) is 0 Å². The van der Waals surface area contributed by atoms with Crippen molar-refractivity contribution < 1.29 is 0 Å². The lowest BCUT2D eigenvalue weighted by atomic mass is 10.00. The van der Waals surface area contributed by atoms with Crippen LogP contribution in [0.5, 0.6) is 0 Å². The first kappa shape index (κ1) is 14.9. The van der Waals surface area contributed by atoms with Crippen molar-refractivity contribution in [1.82, 2.24) is 4.90 Å². The van der Waals surface area contributed by atoms with E-state index in [1.807, 2.05) is 6.66 Å². The van der Waals surface area contributed by atoms with Gasteiger partial charge < -0.3 is 4.90 Å². The molecule has 0 amide bonds. The maximum atomic E-state index is 2.42. The average molecular weight is 191 g/mol. The lowest BCUT2D eigenvalue weighted by Gasteiger charge is -2.34. The van der Waals surface area contributed by atoms with Crippen molar-refractivity contribution in [3.8, 4) is 0 Å². The van der Waals surface area contributed by atoms with Crippen molar-refractivity contribution >= 4 is 9.24 Å². The van der Waals surface area contributed by atoms with Gasteiger partial charge in [0.05, 0.1) is 0 Å². The fraction of sp³-hybridized carbons (Fsp3) is 1.00. The molecular weight excluding hydrogens is 165 g/mol. The molecule has 0 aromatic heterocycles. The highest BCUT2D eigenvalue weighted by Crippen LogP contribution is 2.15. The zero-order chi connectivity index (χ0) is 10.2. The van der Waals surface area contributed by atoms with Gasteiger partial charge in [0.15, 0.2) is 0 Å². The van der Waals surface area contributed by atoms with Crippen LogP contribution in [-0.4, -0.2) is 30.7 Å². The molecule has 1 nitrogen and oxygen atoms in total. The van der Waals surface area contributed by atoms with E-state index in [-0.39, 0.29) is 0 Å². The van der Waals surface area contributed by atoms with Crippen LogP contribution in [0.15, 0.2) is 0 Å². The van der Waals surface area contributed by atoms with E-state index in [1.54, 1.807) is 0 Å². The van der Waals surface area contributed by atoms with Crippen LogP contribution in [0.3, 0.4) is 0 Å². The third-order valence-electron chi connectivity index (χ3n) is 2.46. The monoisotopic (exact) mass is 191 g/mol. The smallest absolute Gasteiger partial charge is 0.0147 e. The molecule has 0 aliphatic carbocycles. The minimum absolute atomic E-state index is 0.385. The Hall–Kier alpha value is 0.390. The molecule has 12 heavy (non-hydrogen) atoms. The summed E-state index contributed by atoms with van der Waals surface area (Å²) in [4.78, 5) is 2.42. The van der Waals surface area contributed by atoms with Crippen LogP contribution < -0.4 is 0 Å². The van der Waals surface area contributed by atoms with Gasteiger partial charge in [-0.25, -0.2) is 0 Å². The molecule has 0 saturated heterocycles. The Morgan fingerprint density at radius 2 is 1.58 bits per heavy atom. The van der Waals surface area contributed by atoms with Crippen LogP contribution in [0.2, 0.25) is 0 Å². The van der Waals surface area contributed by atoms with Crippen LogP contribution in [0.1, 0.15) is 40.5 Å². The van der Waals surface area contributed by atoms with Crippen molar-refractivity contribution in [2.75, 3.05) is 20.3 Å². The lowest BCUT2D eigenvalue weighted by molar-refractivity contribution is 0.151. The van der Waals surface area contributed by atoms with Crippen LogP contribution >= 0.6 is 9.24 Å². The molecule has 0 N–H and O–H groups in total. The van der Waals surface area contributed by atoms with E-state index in [0.29, 0.717) is 5.54 Å². The minimum Gasteiger partial charge on any atom is -0.301 e. The molecule has 0 bridgehead atoms. The molecular formula is C10H26NP. The molecule has 0 radical (unpaired) electrons. The topological polar surface area (TPSA) is 3.24 Å². The van der Waals surface area contributed by atoms with E-state index < -0.39 is 0 Å². The highest BCUT2D eigenvalue weighted by atomic mass is 31.0. The second-order valence-electron chi connectivity index (χ2n) is 3.59. The molecule has 1 unspecified atom stereocenters. The van der Waals surface area contributed by atoms with Crippen LogP contribution in [-0.2, 0) is 0 Å². The number of rotatable bonds is 4. The highest BCUT2D eigenvalue weighted by Gasteiger charge is 2.19. The van der Waals surface area contributed by atoms with Crippen LogP contribution in [0, 0.1) is 0 Å². The van der Waals surface area contributed by atoms with Crippen molar-refractivity contribution in [2.24, 2.45) is 0 Å². The van der Waals surface area contributed by atoms with Gasteiger partial charge in [0.2, 0.25) is 0 Å². The van der Waals surface area contributed by atoms with Crippen LogP contribution in [0.4, 0.5) is 0 Å². The Bertz CT molecular complexity index is 91.8. The van der Waals surface area contributed by atoms with Crippen molar-refractivity contribution in [3.63, 3.8) is 0 Å². The third-order valence-corrected chi connectivity index (χ3v) is 2.46. The molecule has 1 atom stereocenters. The Labute approximate surface area is 81.1 Å². The van der Waals surface area contributed by atoms with E-state index in [9.17, 15) is 0 Å². The number of hydrogen-bond donors (Lipinski definition) is 0. The molecule has 0 aromatic rings. The number of hydrogen-bond acceptors (Lipinski definition) is 1. The van der Waals surface area contributed by atoms with Gasteiger partial charge in [-0.05, 0) is 40.3 Å². The predicted molar refractivity (Wildman–Crippen MR) is 62.9 cm³/mol. The molecule has 0 heterocycles.